The van der Waals surface area contributed by atoms with Crippen LogP contribution in [0, 0.1) is 5.92 Å². The van der Waals surface area contributed by atoms with E-state index in [4.69, 9.17) is 11.6 Å². The number of carbonyl (C=O) groups excluding carboxylic acids is 1. The Labute approximate surface area is 132 Å². The first-order chi connectivity index (χ1) is 10.3. The maximum atomic E-state index is 12.9. The number of alkyl halides is 1. The topological polar surface area (TPSA) is 20.3 Å². The molecule has 1 atom stereocenters. The fourth-order valence-corrected chi connectivity index (χ4v) is 3.66. The SMILES string of the molecule is O=C(C1CCc2ccccc2C1)N(CCCCl)C1CCC1. The largest absolute Gasteiger partial charge is 0.339 e. The second kappa shape index (κ2) is 6.83. The lowest BCUT2D eigenvalue weighted by Crippen LogP contribution is -2.48. The van der Waals surface area contributed by atoms with Crippen LogP contribution >= 0.6 is 11.6 Å². The maximum absolute atomic E-state index is 12.9. The monoisotopic (exact) mass is 305 g/mol. The highest BCUT2D eigenvalue weighted by molar-refractivity contribution is 6.17. The van der Waals surface area contributed by atoms with Gasteiger partial charge in [-0.1, -0.05) is 24.3 Å². The smallest absolute Gasteiger partial charge is 0.226 e. The Morgan fingerprint density at radius 2 is 1.95 bits per heavy atom. The molecule has 21 heavy (non-hydrogen) atoms. The van der Waals surface area contributed by atoms with Crippen LogP contribution in [0.4, 0.5) is 0 Å². The average Bonchev–Trinajstić information content (AvgIpc) is 2.48. The van der Waals surface area contributed by atoms with Gasteiger partial charge in [0.15, 0.2) is 0 Å². The molecule has 1 saturated carbocycles. The molecular weight excluding hydrogens is 282 g/mol. The summed E-state index contributed by atoms with van der Waals surface area (Å²) in [5, 5.41) is 0. The molecule has 0 heterocycles. The Kier molecular flexibility index (Phi) is 4.84. The lowest BCUT2D eigenvalue weighted by molar-refractivity contribution is -0.140. The summed E-state index contributed by atoms with van der Waals surface area (Å²) in [6, 6.07) is 9.05. The van der Waals surface area contributed by atoms with Gasteiger partial charge < -0.3 is 4.90 Å². The van der Waals surface area contributed by atoms with Crippen LogP contribution in [-0.4, -0.2) is 29.3 Å². The minimum atomic E-state index is 0.177. The normalized spacial score (nSPS) is 21.5. The molecule has 1 fully saturated rings. The minimum Gasteiger partial charge on any atom is -0.339 e. The van der Waals surface area contributed by atoms with Crippen LogP contribution in [0.3, 0.4) is 0 Å². The Bertz CT molecular complexity index is 498. The van der Waals surface area contributed by atoms with Crippen molar-refractivity contribution in [1.82, 2.24) is 4.90 Å². The van der Waals surface area contributed by atoms with E-state index in [9.17, 15) is 4.79 Å². The highest BCUT2D eigenvalue weighted by Gasteiger charge is 2.33. The van der Waals surface area contributed by atoms with Crippen LogP contribution in [0.1, 0.15) is 43.2 Å². The molecule has 0 bridgehead atoms. The Morgan fingerprint density at radius 1 is 1.19 bits per heavy atom. The van der Waals surface area contributed by atoms with Gasteiger partial charge in [0.1, 0.15) is 0 Å². The number of nitrogens with zero attached hydrogens (tertiary/aromatic N) is 1. The summed E-state index contributed by atoms with van der Waals surface area (Å²) in [4.78, 5) is 15.1. The van der Waals surface area contributed by atoms with Crippen LogP contribution < -0.4 is 0 Å². The first-order valence-corrected chi connectivity index (χ1v) is 8.76. The van der Waals surface area contributed by atoms with Gasteiger partial charge >= 0.3 is 0 Å². The Morgan fingerprint density at radius 3 is 2.62 bits per heavy atom. The zero-order chi connectivity index (χ0) is 14.7. The van der Waals surface area contributed by atoms with Gasteiger partial charge in [0.05, 0.1) is 0 Å². The molecule has 1 unspecified atom stereocenters. The first-order valence-electron chi connectivity index (χ1n) is 8.23. The molecule has 2 aliphatic rings. The third kappa shape index (κ3) is 3.26. The first kappa shape index (κ1) is 14.9. The molecular formula is C18H24ClNO. The van der Waals surface area contributed by atoms with E-state index in [2.05, 4.69) is 29.2 Å². The van der Waals surface area contributed by atoms with Crippen LogP contribution in [0.25, 0.3) is 0 Å². The number of amides is 1. The highest BCUT2D eigenvalue weighted by Crippen LogP contribution is 2.31. The van der Waals surface area contributed by atoms with Crippen molar-refractivity contribution in [2.45, 2.75) is 51.0 Å². The van der Waals surface area contributed by atoms with Crippen LogP contribution in [0.5, 0.6) is 0 Å². The molecule has 0 saturated heterocycles. The highest BCUT2D eigenvalue weighted by atomic mass is 35.5. The van der Waals surface area contributed by atoms with Gasteiger partial charge in [-0.25, -0.2) is 0 Å². The van der Waals surface area contributed by atoms with Crippen molar-refractivity contribution in [3.8, 4) is 0 Å². The standard InChI is InChI=1S/C18H24ClNO/c19-11-4-12-20(17-7-3-8-17)18(21)16-10-9-14-5-1-2-6-15(14)13-16/h1-2,5-6,16-17H,3-4,7-13H2. The van der Waals surface area contributed by atoms with E-state index in [0.29, 0.717) is 17.8 Å². The molecule has 0 aromatic heterocycles. The maximum Gasteiger partial charge on any atom is 0.226 e. The summed E-state index contributed by atoms with van der Waals surface area (Å²) in [6.45, 7) is 0.838. The van der Waals surface area contributed by atoms with E-state index >= 15 is 0 Å². The molecule has 3 rings (SSSR count). The van der Waals surface area contributed by atoms with E-state index in [1.165, 1.54) is 30.4 Å². The quantitative estimate of drug-likeness (QED) is 0.758. The zero-order valence-electron chi connectivity index (χ0n) is 12.6. The van der Waals surface area contributed by atoms with Crippen molar-refractivity contribution in [2.24, 2.45) is 5.92 Å². The van der Waals surface area contributed by atoms with Gasteiger partial charge in [0.2, 0.25) is 5.91 Å². The predicted molar refractivity (Wildman–Crippen MR) is 86.6 cm³/mol. The van der Waals surface area contributed by atoms with Crippen molar-refractivity contribution < 1.29 is 4.79 Å². The summed E-state index contributed by atoms with van der Waals surface area (Å²) >= 11 is 5.83. The molecule has 0 radical (unpaired) electrons. The number of fused-ring (bicyclic) bond motifs is 1. The molecule has 2 nitrogen and oxygen atoms in total. The van der Waals surface area contributed by atoms with Crippen molar-refractivity contribution in [2.75, 3.05) is 12.4 Å². The fourth-order valence-electron chi connectivity index (χ4n) is 3.54. The van der Waals surface area contributed by atoms with Crippen LogP contribution in [-0.2, 0) is 17.6 Å². The molecule has 1 amide bonds. The van der Waals surface area contributed by atoms with Crippen LogP contribution in [0.2, 0.25) is 0 Å². The number of benzene rings is 1. The summed E-state index contributed by atoms with van der Waals surface area (Å²) in [7, 11) is 0. The second-order valence-electron chi connectivity index (χ2n) is 6.37. The van der Waals surface area contributed by atoms with Gasteiger partial charge in [0, 0.05) is 24.4 Å². The van der Waals surface area contributed by atoms with Gasteiger partial charge in [-0.15, -0.1) is 11.6 Å². The molecule has 114 valence electrons. The van der Waals surface area contributed by atoms with Crippen LogP contribution in [0.15, 0.2) is 24.3 Å². The third-order valence-electron chi connectivity index (χ3n) is 5.03. The summed E-state index contributed by atoms with van der Waals surface area (Å²) in [6.07, 6.45) is 7.49. The summed E-state index contributed by atoms with van der Waals surface area (Å²) < 4.78 is 0. The average molecular weight is 306 g/mol. The summed E-state index contributed by atoms with van der Waals surface area (Å²) in [5.41, 5.74) is 2.80. The number of carbonyl (C=O) groups is 1. The van der Waals surface area contributed by atoms with E-state index in [0.717, 1.165) is 32.2 Å². The van der Waals surface area contributed by atoms with Gasteiger partial charge in [-0.3, -0.25) is 4.79 Å². The van der Waals surface area contributed by atoms with Gasteiger partial charge in [0.25, 0.3) is 0 Å². The minimum absolute atomic E-state index is 0.177. The second-order valence-corrected chi connectivity index (χ2v) is 6.75. The Balaban J connectivity index is 1.68. The van der Waals surface area contributed by atoms with Crippen molar-refractivity contribution in [3.63, 3.8) is 0 Å². The van der Waals surface area contributed by atoms with E-state index < -0.39 is 0 Å². The molecule has 1 aromatic rings. The van der Waals surface area contributed by atoms with Gasteiger partial charge in [-0.2, -0.15) is 0 Å². The van der Waals surface area contributed by atoms with Crippen molar-refractivity contribution in [1.29, 1.82) is 0 Å². The molecule has 0 N–H and O–H groups in total. The predicted octanol–water partition coefficient (Wildman–Crippen LogP) is 3.80. The third-order valence-corrected chi connectivity index (χ3v) is 5.29. The number of aryl methyl sites for hydroxylation is 1. The molecule has 3 heteroatoms. The summed E-state index contributed by atoms with van der Waals surface area (Å²) in [5.74, 6) is 1.19. The number of hydrogen-bond donors (Lipinski definition) is 0. The number of rotatable bonds is 5. The van der Waals surface area contributed by atoms with E-state index in [1.807, 2.05) is 0 Å². The van der Waals surface area contributed by atoms with Crippen molar-refractivity contribution in [3.05, 3.63) is 35.4 Å². The molecule has 0 spiro atoms. The number of hydrogen-bond acceptors (Lipinski definition) is 1. The number of halogens is 1. The lowest BCUT2D eigenvalue weighted by atomic mass is 9.82. The molecule has 1 aromatic carbocycles. The zero-order valence-corrected chi connectivity index (χ0v) is 13.3. The molecule has 2 aliphatic carbocycles. The van der Waals surface area contributed by atoms with Crippen molar-refractivity contribution >= 4 is 17.5 Å². The van der Waals surface area contributed by atoms with Gasteiger partial charge in [-0.05, 0) is 56.1 Å². The van der Waals surface area contributed by atoms with E-state index in [-0.39, 0.29) is 5.92 Å². The lowest BCUT2D eigenvalue weighted by Gasteiger charge is -2.40. The fraction of sp³-hybridized carbons (Fsp3) is 0.611. The van der Waals surface area contributed by atoms with E-state index in [1.54, 1.807) is 0 Å². The molecule has 0 aliphatic heterocycles. The Hall–Kier alpha value is -1.02.